The maximum atomic E-state index is 8.88. The number of benzene rings is 2. The Bertz CT molecular complexity index is 444. The van der Waals surface area contributed by atoms with Crippen LogP contribution in [-0.4, -0.2) is 32.9 Å². The molecule has 0 saturated carbocycles. The Morgan fingerprint density at radius 3 is 1.32 bits per heavy atom. The lowest BCUT2D eigenvalue weighted by molar-refractivity contribution is 0.299. The van der Waals surface area contributed by atoms with E-state index in [9.17, 15) is 0 Å². The molecule has 2 nitrogen and oxygen atoms in total. The second-order valence-electron chi connectivity index (χ2n) is 4.57. The predicted octanol–water partition coefficient (Wildman–Crippen LogP) is 0.143. The summed E-state index contributed by atoms with van der Waals surface area (Å²) >= 11 is 0. The third kappa shape index (κ3) is 4.31. The molecule has 2 aromatic carbocycles. The van der Waals surface area contributed by atoms with Crippen molar-refractivity contribution in [1.82, 2.24) is 0 Å². The molecule has 2 aromatic rings. The summed E-state index contributed by atoms with van der Waals surface area (Å²) in [5, 5.41) is 20.5. The van der Waals surface area contributed by atoms with Crippen molar-refractivity contribution in [2.24, 2.45) is 0 Å². The van der Waals surface area contributed by atoms with Gasteiger partial charge in [-0.15, -0.1) is 0 Å². The van der Waals surface area contributed by atoms with Crippen LogP contribution < -0.4 is 10.4 Å². The number of hydrogen-bond donors (Lipinski definition) is 2. The van der Waals surface area contributed by atoms with Crippen LogP contribution in [0.15, 0.2) is 48.5 Å². The Labute approximate surface area is 116 Å². The summed E-state index contributed by atoms with van der Waals surface area (Å²) in [6, 6.07) is 17.0. The van der Waals surface area contributed by atoms with Crippen LogP contribution in [-0.2, 0) is 12.8 Å². The quantitative estimate of drug-likeness (QED) is 0.734. The average molecular weight is 271 g/mol. The van der Waals surface area contributed by atoms with Gasteiger partial charge in [0.15, 0.2) is 0 Å². The van der Waals surface area contributed by atoms with Gasteiger partial charge < -0.3 is 10.2 Å². The van der Waals surface area contributed by atoms with Crippen LogP contribution in [0.2, 0.25) is 0 Å². The zero-order valence-electron chi connectivity index (χ0n) is 10.9. The molecule has 0 aliphatic carbocycles. The molecule has 1 radical (unpaired) electrons. The number of aliphatic hydroxyl groups excluding tert-OH is 2. The SMILES string of the molecule is OCCc1ccc([SiH]c2ccc(CCO)cc2)cc1. The second kappa shape index (κ2) is 7.24. The number of hydrogen-bond acceptors (Lipinski definition) is 2. The van der Waals surface area contributed by atoms with E-state index in [0.29, 0.717) is 0 Å². The third-order valence-corrected chi connectivity index (χ3v) is 4.53. The highest BCUT2D eigenvalue weighted by Crippen LogP contribution is 1.99. The van der Waals surface area contributed by atoms with Crippen LogP contribution in [0.3, 0.4) is 0 Å². The zero-order chi connectivity index (χ0) is 13.5. The summed E-state index contributed by atoms with van der Waals surface area (Å²) in [7, 11) is 0.115. The zero-order valence-corrected chi connectivity index (χ0v) is 12.1. The van der Waals surface area contributed by atoms with Crippen LogP contribution in [0.1, 0.15) is 11.1 Å². The topological polar surface area (TPSA) is 40.5 Å². The van der Waals surface area contributed by atoms with Gasteiger partial charge in [0.05, 0.1) is 0 Å². The molecule has 0 saturated heterocycles. The minimum Gasteiger partial charge on any atom is -0.396 e. The van der Waals surface area contributed by atoms with Crippen molar-refractivity contribution in [3.8, 4) is 0 Å². The minimum absolute atomic E-state index is 0.115. The minimum atomic E-state index is 0.115. The molecule has 2 N–H and O–H groups in total. The van der Waals surface area contributed by atoms with Gasteiger partial charge in [0.1, 0.15) is 9.52 Å². The van der Waals surface area contributed by atoms with E-state index in [1.54, 1.807) is 0 Å². The standard InChI is InChI=1S/C16H19O2Si/c17-11-9-13-1-5-15(6-2-13)19-16-7-3-14(4-8-16)10-12-18/h1-8,17-19H,9-12H2. The van der Waals surface area contributed by atoms with Crippen LogP contribution in [0.4, 0.5) is 0 Å². The Morgan fingerprint density at radius 1 is 0.632 bits per heavy atom. The fourth-order valence-electron chi connectivity index (χ4n) is 2.01. The van der Waals surface area contributed by atoms with Gasteiger partial charge in [-0.2, -0.15) is 0 Å². The average Bonchev–Trinajstić information content (AvgIpc) is 2.44. The molecule has 0 amide bonds. The first kappa shape index (κ1) is 14.0. The Hall–Kier alpha value is -1.42. The first-order chi connectivity index (χ1) is 9.31. The van der Waals surface area contributed by atoms with Gasteiger partial charge in [0, 0.05) is 13.2 Å². The Kier molecular flexibility index (Phi) is 5.33. The largest absolute Gasteiger partial charge is 0.396 e. The summed E-state index contributed by atoms with van der Waals surface area (Å²) in [5.41, 5.74) is 2.37. The molecular weight excluding hydrogens is 252 g/mol. The summed E-state index contributed by atoms with van der Waals surface area (Å²) in [5.74, 6) is 0. The molecule has 0 atom stereocenters. The van der Waals surface area contributed by atoms with E-state index in [1.807, 2.05) is 0 Å². The van der Waals surface area contributed by atoms with E-state index >= 15 is 0 Å². The molecule has 0 bridgehead atoms. The monoisotopic (exact) mass is 271 g/mol. The summed E-state index contributed by atoms with van der Waals surface area (Å²) in [6.07, 6.45) is 1.46. The van der Waals surface area contributed by atoms with Gasteiger partial charge in [0.2, 0.25) is 0 Å². The van der Waals surface area contributed by atoms with E-state index in [2.05, 4.69) is 48.5 Å². The van der Waals surface area contributed by atoms with E-state index < -0.39 is 0 Å². The Balaban J connectivity index is 1.99. The molecule has 0 heterocycles. The van der Waals surface area contributed by atoms with Crippen molar-refractivity contribution in [2.75, 3.05) is 13.2 Å². The van der Waals surface area contributed by atoms with Crippen molar-refractivity contribution in [3.63, 3.8) is 0 Å². The van der Waals surface area contributed by atoms with Gasteiger partial charge in [-0.25, -0.2) is 0 Å². The molecule has 2 rings (SSSR count). The highest BCUT2D eigenvalue weighted by atomic mass is 28.2. The van der Waals surface area contributed by atoms with Gasteiger partial charge in [-0.05, 0) is 24.0 Å². The van der Waals surface area contributed by atoms with Crippen LogP contribution >= 0.6 is 0 Å². The smallest absolute Gasteiger partial charge is 0.103 e. The van der Waals surface area contributed by atoms with Gasteiger partial charge in [0.25, 0.3) is 0 Å². The second-order valence-corrected chi connectivity index (χ2v) is 6.20. The van der Waals surface area contributed by atoms with Gasteiger partial charge in [-0.3, -0.25) is 0 Å². The fourth-order valence-corrected chi connectivity index (χ4v) is 3.17. The molecular formula is C16H19O2Si. The van der Waals surface area contributed by atoms with E-state index in [4.69, 9.17) is 10.2 Å². The van der Waals surface area contributed by atoms with Crippen LogP contribution in [0, 0.1) is 0 Å². The normalized spacial score (nSPS) is 10.6. The van der Waals surface area contributed by atoms with E-state index in [-0.39, 0.29) is 22.7 Å². The van der Waals surface area contributed by atoms with Crippen molar-refractivity contribution in [3.05, 3.63) is 59.7 Å². The molecule has 0 aromatic heterocycles. The van der Waals surface area contributed by atoms with E-state index in [1.165, 1.54) is 21.5 Å². The number of rotatable bonds is 6. The Morgan fingerprint density at radius 2 is 1.00 bits per heavy atom. The molecule has 99 valence electrons. The molecule has 19 heavy (non-hydrogen) atoms. The van der Waals surface area contributed by atoms with Crippen molar-refractivity contribution < 1.29 is 10.2 Å². The van der Waals surface area contributed by atoms with Crippen LogP contribution in [0.5, 0.6) is 0 Å². The molecule has 0 spiro atoms. The molecule has 0 unspecified atom stereocenters. The highest BCUT2D eigenvalue weighted by Gasteiger charge is 1.99. The van der Waals surface area contributed by atoms with Crippen LogP contribution in [0.25, 0.3) is 0 Å². The maximum absolute atomic E-state index is 8.88. The summed E-state index contributed by atoms with van der Waals surface area (Å²) < 4.78 is 0. The third-order valence-electron chi connectivity index (χ3n) is 3.09. The molecule has 0 aliphatic heterocycles. The first-order valence-electron chi connectivity index (χ1n) is 6.56. The lowest BCUT2D eigenvalue weighted by Crippen LogP contribution is -2.26. The number of aliphatic hydroxyl groups is 2. The van der Waals surface area contributed by atoms with Crippen molar-refractivity contribution in [2.45, 2.75) is 12.8 Å². The van der Waals surface area contributed by atoms with Crippen molar-refractivity contribution in [1.29, 1.82) is 0 Å². The predicted molar refractivity (Wildman–Crippen MR) is 80.9 cm³/mol. The molecule has 0 fully saturated rings. The highest BCUT2D eigenvalue weighted by molar-refractivity contribution is 6.67. The summed E-state index contributed by atoms with van der Waals surface area (Å²) in [6.45, 7) is 0.414. The van der Waals surface area contributed by atoms with Crippen molar-refractivity contribution >= 4 is 19.9 Å². The lowest BCUT2D eigenvalue weighted by Gasteiger charge is -2.04. The summed E-state index contributed by atoms with van der Waals surface area (Å²) in [4.78, 5) is 0. The maximum Gasteiger partial charge on any atom is 0.103 e. The van der Waals surface area contributed by atoms with E-state index in [0.717, 1.165) is 12.8 Å². The van der Waals surface area contributed by atoms with Gasteiger partial charge in [-0.1, -0.05) is 58.9 Å². The molecule has 0 aliphatic rings. The first-order valence-corrected chi connectivity index (χ1v) is 7.71. The lowest BCUT2D eigenvalue weighted by atomic mass is 10.2. The molecule has 3 heteroatoms. The fraction of sp³-hybridized carbons (Fsp3) is 0.250. The van der Waals surface area contributed by atoms with Gasteiger partial charge >= 0.3 is 0 Å².